The fourth-order valence-electron chi connectivity index (χ4n) is 5.15. The van der Waals surface area contributed by atoms with E-state index < -0.39 is 28.5 Å². The first-order valence-electron chi connectivity index (χ1n) is 14.3. The molecule has 230 valence electrons. The molecule has 1 saturated carbocycles. The summed E-state index contributed by atoms with van der Waals surface area (Å²) in [4.78, 5) is 29.1. The number of ether oxygens (including phenoxy) is 1. The molecule has 1 atom stereocenters. The zero-order valence-electron chi connectivity index (χ0n) is 24.6. The van der Waals surface area contributed by atoms with Gasteiger partial charge in [0, 0.05) is 22.1 Å². The molecular formula is C32H37BrClN3O5S. The van der Waals surface area contributed by atoms with Gasteiger partial charge in [-0.25, -0.2) is 8.42 Å². The standard InChI is InChI=1S/C32H37BrClN3O5S/c1-22-9-16-28(17-10-22)43(40,41)37(29-19-26(34)15-18-30(29)42-3)21-31(38)36(20-24-11-13-25(33)14-12-24)23(2)32(39)35-27-7-5-4-6-8-27/h9-19,23,27H,4-8,20-21H2,1-3H3,(H,35,39)/t23-/m0/s1. The molecular weight excluding hydrogens is 654 g/mol. The first kappa shape index (κ1) is 32.8. The van der Waals surface area contributed by atoms with E-state index in [4.69, 9.17) is 16.3 Å². The third-order valence-electron chi connectivity index (χ3n) is 7.68. The summed E-state index contributed by atoms with van der Waals surface area (Å²) in [6, 6.07) is 17.6. The molecule has 0 spiro atoms. The Kier molecular flexibility index (Phi) is 11.1. The van der Waals surface area contributed by atoms with Crippen molar-refractivity contribution in [2.45, 2.75) is 69.5 Å². The summed E-state index contributed by atoms with van der Waals surface area (Å²) < 4.78 is 35.6. The highest BCUT2D eigenvalue weighted by Crippen LogP contribution is 2.35. The van der Waals surface area contributed by atoms with Crippen LogP contribution in [0.5, 0.6) is 5.75 Å². The fraction of sp³-hybridized carbons (Fsp3) is 0.375. The number of amides is 2. The van der Waals surface area contributed by atoms with Crippen LogP contribution in [0.1, 0.15) is 50.2 Å². The van der Waals surface area contributed by atoms with Crippen LogP contribution < -0.4 is 14.4 Å². The topological polar surface area (TPSA) is 96.0 Å². The number of hydrogen-bond donors (Lipinski definition) is 1. The summed E-state index contributed by atoms with van der Waals surface area (Å²) in [5.41, 5.74) is 1.80. The molecule has 0 aliphatic heterocycles. The van der Waals surface area contributed by atoms with Crippen molar-refractivity contribution >= 4 is 55.1 Å². The normalized spacial score (nSPS) is 14.5. The summed E-state index contributed by atoms with van der Waals surface area (Å²) in [5, 5.41) is 3.39. The minimum atomic E-state index is -4.26. The van der Waals surface area contributed by atoms with Gasteiger partial charge in [-0.1, -0.05) is 76.6 Å². The number of carbonyl (C=O) groups excluding carboxylic acids is 2. The zero-order valence-corrected chi connectivity index (χ0v) is 27.7. The number of aryl methyl sites for hydroxylation is 1. The van der Waals surface area contributed by atoms with Crippen LogP contribution in [0.2, 0.25) is 5.02 Å². The van der Waals surface area contributed by atoms with Gasteiger partial charge in [-0.2, -0.15) is 0 Å². The molecule has 4 rings (SSSR count). The van der Waals surface area contributed by atoms with E-state index in [0.29, 0.717) is 0 Å². The van der Waals surface area contributed by atoms with Crippen molar-refractivity contribution in [2.24, 2.45) is 0 Å². The Morgan fingerprint density at radius 2 is 1.67 bits per heavy atom. The van der Waals surface area contributed by atoms with Gasteiger partial charge in [-0.3, -0.25) is 13.9 Å². The largest absolute Gasteiger partial charge is 0.495 e. The highest BCUT2D eigenvalue weighted by Gasteiger charge is 2.34. The lowest BCUT2D eigenvalue weighted by molar-refractivity contribution is -0.139. The Labute approximate surface area is 267 Å². The van der Waals surface area contributed by atoms with Crippen molar-refractivity contribution in [3.05, 3.63) is 87.4 Å². The number of halogens is 2. The van der Waals surface area contributed by atoms with Crippen LogP contribution in [-0.2, 0) is 26.2 Å². The zero-order chi connectivity index (χ0) is 31.1. The molecule has 0 saturated heterocycles. The summed E-state index contributed by atoms with van der Waals surface area (Å²) in [5.74, 6) is -0.590. The SMILES string of the molecule is COc1ccc(Cl)cc1N(CC(=O)N(Cc1ccc(Br)cc1)[C@@H](C)C(=O)NC1CCCCC1)S(=O)(=O)c1ccc(C)cc1. The predicted molar refractivity (Wildman–Crippen MR) is 173 cm³/mol. The van der Waals surface area contributed by atoms with Gasteiger partial charge >= 0.3 is 0 Å². The smallest absolute Gasteiger partial charge is 0.264 e. The van der Waals surface area contributed by atoms with E-state index in [0.717, 1.165) is 52.0 Å². The molecule has 1 N–H and O–H groups in total. The van der Waals surface area contributed by atoms with Crippen molar-refractivity contribution in [1.82, 2.24) is 10.2 Å². The number of sulfonamides is 1. The Morgan fingerprint density at radius 1 is 1.02 bits per heavy atom. The monoisotopic (exact) mass is 689 g/mol. The maximum atomic E-state index is 14.2. The molecule has 3 aromatic carbocycles. The van der Waals surface area contributed by atoms with Crippen LogP contribution >= 0.6 is 27.5 Å². The van der Waals surface area contributed by atoms with Crippen LogP contribution in [0.3, 0.4) is 0 Å². The second-order valence-electron chi connectivity index (χ2n) is 10.8. The summed E-state index contributed by atoms with van der Waals surface area (Å²) in [6.45, 7) is 3.06. The summed E-state index contributed by atoms with van der Waals surface area (Å²) in [6.07, 6.45) is 5.04. The summed E-state index contributed by atoms with van der Waals surface area (Å²) >= 11 is 9.74. The molecule has 1 aliphatic carbocycles. The average molecular weight is 691 g/mol. The highest BCUT2D eigenvalue weighted by molar-refractivity contribution is 9.10. The second kappa shape index (κ2) is 14.6. The van der Waals surface area contributed by atoms with Crippen molar-refractivity contribution in [1.29, 1.82) is 0 Å². The molecule has 3 aromatic rings. The van der Waals surface area contributed by atoms with E-state index >= 15 is 0 Å². The minimum absolute atomic E-state index is 0.00970. The van der Waals surface area contributed by atoms with Crippen LogP contribution in [0.4, 0.5) is 5.69 Å². The van der Waals surface area contributed by atoms with Gasteiger partial charge in [0.05, 0.1) is 17.7 Å². The second-order valence-corrected chi connectivity index (χ2v) is 14.0. The average Bonchev–Trinajstić information content (AvgIpc) is 2.99. The van der Waals surface area contributed by atoms with E-state index in [9.17, 15) is 18.0 Å². The van der Waals surface area contributed by atoms with E-state index in [-0.39, 0.29) is 39.8 Å². The molecule has 0 radical (unpaired) electrons. The lowest BCUT2D eigenvalue weighted by Crippen LogP contribution is -2.53. The van der Waals surface area contributed by atoms with Crippen LogP contribution in [0.25, 0.3) is 0 Å². The number of carbonyl (C=O) groups is 2. The molecule has 2 amide bonds. The van der Waals surface area contributed by atoms with Gasteiger partial charge in [0.25, 0.3) is 10.0 Å². The first-order valence-corrected chi connectivity index (χ1v) is 16.9. The third kappa shape index (κ3) is 8.31. The Bertz CT molecular complexity index is 1530. The number of nitrogens with zero attached hydrogens (tertiary/aromatic N) is 2. The van der Waals surface area contributed by atoms with E-state index in [1.54, 1.807) is 31.2 Å². The molecule has 8 nitrogen and oxygen atoms in total. The summed E-state index contributed by atoms with van der Waals surface area (Å²) in [7, 11) is -2.84. The maximum Gasteiger partial charge on any atom is 0.264 e. The minimum Gasteiger partial charge on any atom is -0.495 e. The predicted octanol–water partition coefficient (Wildman–Crippen LogP) is 6.48. The Hall–Kier alpha value is -3.08. The number of methoxy groups -OCH3 is 1. The van der Waals surface area contributed by atoms with Crippen LogP contribution in [0.15, 0.2) is 76.1 Å². The lowest BCUT2D eigenvalue weighted by Gasteiger charge is -2.33. The van der Waals surface area contributed by atoms with Crippen molar-refractivity contribution in [3.8, 4) is 5.75 Å². The fourth-order valence-corrected chi connectivity index (χ4v) is 6.99. The van der Waals surface area contributed by atoms with Gasteiger partial charge in [0.1, 0.15) is 18.3 Å². The van der Waals surface area contributed by atoms with Gasteiger partial charge in [0.2, 0.25) is 11.8 Å². The molecule has 0 heterocycles. The van der Waals surface area contributed by atoms with Gasteiger partial charge < -0.3 is 15.0 Å². The number of rotatable bonds is 11. The lowest BCUT2D eigenvalue weighted by atomic mass is 9.95. The number of benzene rings is 3. The van der Waals surface area contributed by atoms with E-state index in [1.165, 1.54) is 30.2 Å². The molecule has 0 unspecified atom stereocenters. The third-order valence-corrected chi connectivity index (χ3v) is 10.2. The highest BCUT2D eigenvalue weighted by atomic mass is 79.9. The Balaban J connectivity index is 1.72. The Morgan fingerprint density at radius 3 is 2.30 bits per heavy atom. The van der Waals surface area contributed by atoms with Gasteiger partial charge in [-0.05, 0) is 74.7 Å². The van der Waals surface area contributed by atoms with Crippen molar-refractivity contribution < 1.29 is 22.7 Å². The van der Waals surface area contributed by atoms with Crippen molar-refractivity contribution in [2.75, 3.05) is 18.0 Å². The van der Waals surface area contributed by atoms with Gasteiger partial charge in [-0.15, -0.1) is 0 Å². The molecule has 1 fully saturated rings. The maximum absolute atomic E-state index is 14.2. The number of hydrogen-bond acceptors (Lipinski definition) is 5. The molecule has 0 aromatic heterocycles. The number of nitrogens with one attached hydrogen (secondary N) is 1. The molecule has 11 heteroatoms. The molecule has 0 bridgehead atoms. The van der Waals surface area contributed by atoms with Crippen molar-refractivity contribution in [3.63, 3.8) is 0 Å². The molecule has 43 heavy (non-hydrogen) atoms. The van der Waals surface area contributed by atoms with Crippen LogP contribution in [-0.4, -0.2) is 50.9 Å². The van der Waals surface area contributed by atoms with Crippen LogP contribution in [0, 0.1) is 6.92 Å². The van der Waals surface area contributed by atoms with Gasteiger partial charge in [0.15, 0.2) is 0 Å². The molecule has 1 aliphatic rings. The van der Waals surface area contributed by atoms with E-state index in [1.807, 2.05) is 31.2 Å². The first-order chi connectivity index (χ1) is 20.5. The number of anilines is 1. The quantitative estimate of drug-likeness (QED) is 0.249. The van der Waals surface area contributed by atoms with E-state index in [2.05, 4.69) is 21.2 Å².